The van der Waals surface area contributed by atoms with Gasteiger partial charge in [-0.1, -0.05) is 0 Å². The number of nitrogens with zero attached hydrogens (tertiary/aromatic N) is 1. The van der Waals surface area contributed by atoms with Crippen LogP contribution in [0.3, 0.4) is 0 Å². The molecule has 0 aromatic heterocycles. The molecule has 2 N–H and O–H groups in total. The highest BCUT2D eigenvalue weighted by Crippen LogP contribution is 2.39. The van der Waals surface area contributed by atoms with Crippen molar-refractivity contribution in [3.63, 3.8) is 0 Å². The van der Waals surface area contributed by atoms with E-state index in [1.807, 2.05) is 18.7 Å². The molecule has 0 spiro atoms. The van der Waals surface area contributed by atoms with Gasteiger partial charge in [0.15, 0.2) is 11.6 Å². The van der Waals surface area contributed by atoms with Crippen molar-refractivity contribution in [2.45, 2.75) is 38.8 Å². The second-order valence-electron chi connectivity index (χ2n) is 5.29. The van der Waals surface area contributed by atoms with E-state index < -0.39 is 18.2 Å². The predicted molar refractivity (Wildman–Crippen MR) is 68.1 cm³/mol. The molecule has 1 fully saturated rings. The van der Waals surface area contributed by atoms with Crippen LogP contribution in [0.2, 0.25) is 0 Å². The molecule has 1 aliphatic heterocycles. The van der Waals surface area contributed by atoms with Gasteiger partial charge in [0.2, 0.25) is 0 Å². The lowest BCUT2D eigenvalue weighted by Gasteiger charge is -2.34. The summed E-state index contributed by atoms with van der Waals surface area (Å²) in [6, 6.07) is 2.28. The molecule has 2 rings (SSSR count). The Kier molecular flexibility index (Phi) is 3.52. The van der Waals surface area contributed by atoms with Crippen LogP contribution in [-0.4, -0.2) is 18.7 Å². The van der Waals surface area contributed by atoms with Gasteiger partial charge in [0.25, 0.3) is 0 Å². The summed E-state index contributed by atoms with van der Waals surface area (Å²) in [6.07, 6.45) is 1.95. The third-order valence-corrected chi connectivity index (χ3v) is 3.49. The van der Waals surface area contributed by atoms with Crippen LogP contribution in [0.25, 0.3) is 0 Å². The van der Waals surface area contributed by atoms with Gasteiger partial charge in [0.05, 0.1) is 11.4 Å². The topological polar surface area (TPSA) is 38.5 Å². The molecule has 106 valence electrons. The lowest BCUT2D eigenvalue weighted by molar-refractivity contribution is -0.0521. The summed E-state index contributed by atoms with van der Waals surface area (Å²) < 4.78 is 42.1. The molecule has 0 radical (unpaired) electrons. The summed E-state index contributed by atoms with van der Waals surface area (Å²) in [5.41, 5.74) is 6.44. The Labute approximate surface area is 110 Å². The van der Waals surface area contributed by atoms with E-state index in [0.717, 1.165) is 25.5 Å². The molecule has 0 unspecified atom stereocenters. The van der Waals surface area contributed by atoms with Crippen molar-refractivity contribution >= 4 is 11.4 Å². The van der Waals surface area contributed by atoms with Gasteiger partial charge in [-0.3, -0.25) is 0 Å². The molecule has 19 heavy (non-hydrogen) atoms. The van der Waals surface area contributed by atoms with Crippen molar-refractivity contribution in [1.29, 1.82) is 0 Å². The van der Waals surface area contributed by atoms with Crippen LogP contribution >= 0.6 is 0 Å². The first-order valence-electron chi connectivity index (χ1n) is 6.13. The Hall–Kier alpha value is -1.59. The second-order valence-corrected chi connectivity index (χ2v) is 5.29. The van der Waals surface area contributed by atoms with Gasteiger partial charge in [-0.25, -0.2) is 4.39 Å². The lowest BCUT2D eigenvalue weighted by Crippen LogP contribution is -2.38. The van der Waals surface area contributed by atoms with Gasteiger partial charge in [-0.2, -0.15) is 8.78 Å². The molecule has 1 saturated heterocycles. The summed E-state index contributed by atoms with van der Waals surface area (Å²) in [4.78, 5) is 2.00. The predicted octanol–water partition coefficient (Wildman–Crippen LogP) is 3.39. The summed E-state index contributed by atoms with van der Waals surface area (Å²) in [5, 5.41) is 0. The number of benzene rings is 1. The molecule has 6 heteroatoms. The average molecular weight is 274 g/mol. The Bertz CT molecular complexity index is 477. The number of halogens is 3. The fourth-order valence-corrected chi connectivity index (χ4v) is 2.53. The molecule has 1 heterocycles. The second kappa shape index (κ2) is 4.83. The van der Waals surface area contributed by atoms with Crippen LogP contribution in [0.15, 0.2) is 12.1 Å². The fourth-order valence-electron chi connectivity index (χ4n) is 2.53. The highest BCUT2D eigenvalue weighted by Gasteiger charge is 2.33. The van der Waals surface area contributed by atoms with Crippen molar-refractivity contribution in [1.82, 2.24) is 0 Å². The number of rotatable bonds is 3. The molecule has 0 aliphatic carbocycles. The smallest absolute Gasteiger partial charge is 0.387 e. The zero-order chi connectivity index (χ0) is 14.2. The first-order valence-corrected chi connectivity index (χ1v) is 6.13. The van der Waals surface area contributed by atoms with Crippen LogP contribution in [0.4, 0.5) is 24.5 Å². The largest absolute Gasteiger partial charge is 0.432 e. The van der Waals surface area contributed by atoms with Crippen LogP contribution < -0.4 is 15.4 Å². The first-order chi connectivity index (χ1) is 8.81. The van der Waals surface area contributed by atoms with E-state index in [1.165, 1.54) is 6.07 Å². The summed E-state index contributed by atoms with van der Waals surface area (Å²) >= 11 is 0. The minimum absolute atomic E-state index is 0.131. The Morgan fingerprint density at radius 1 is 1.37 bits per heavy atom. The van der Waals surface area contributed by atoms with Gasteiger partial charge >= 0.3 is 6.61 Å². The molecular formula is C13H17F3N2O. The zero-order valence-corrected chi connectivity index (χ0v) is 10.9. The third kappa shape index (κ3) is 2.72. The summed E-state index contributed by atoms with van der Waals surface area (Å²) in [7, 11) is 0. The maximum Gasteiger partial charge on any atom is 0.387 e. The van der Waals surface area contributed by atoms with Gasteiger partial charge < -0.3 is 15.4 Å². The molecular weight excluding hydrogens is 257 g/mol. The monoisotopic (exact) mass is 274 g/mol. The van der Waals surface area contributed by atoms with E-state index in [-0.39, 0.29) is 11.2 Å². The Morgan fingerprint density at radius 2 is 2.05 bits per heavy atom. The van der Waals surface area contributed by atoms with Crippen molar-refractivity contribution in [3.05, 3.63) is 17.9 Å². The van der Waals surface area contributed by atoms with Gasteiger partial charge in [-0.15, -0.1) is 0 Å². The highest BCUT2D eigenvalue weighted by atomic mass is 19.3. The van der Waals surface area contributed by atoms with Crippen molar-refractivity contribution in [2.24, 2.45) is 0 Å². The maximum absolute atomic E-state index is 13.5. The van der Waals surface area contributed by atoms with Crippen LogP contribution in [0.1, 0.15) is 26.7 Å². The summed E-state index contributed by atoms with van der Waals surface area (Å²) in [6.45, 7) is 1.78. The number of hydrogen-bond donors (Lipinski definition) is 1. The third-order valence-electron chi connectivity index (χ3n) is 3.49. The van der Waals surface area contributed by atoms with E-state index >= 15 is 0 Å². The van der Waals surface area contributed by atoms with E-state index in [2.05, 4.69) is 4.74 Å². The molecule has 1 aromatic carbocycles. The van der Waals surface area contributed by atoms with Gasteiger partial charge in [-0.05, 0) is 26.7 Å². The first kappa shape index (κ1) is 13.8. The molecule has 3 nitrogen and oxygen atoms in total. The molecule has 1 aromatic rings. The minimum atomic E-state index is -3.06. The van der Waals surface area contributed by atoms with Crippen molar-refractivity contribution in [3.8, 4) is 5.75 Å². The quantitative estimate of drug-likeness (QED) is 0.859. The van der Waals surface area contributed by atoms with E-state index in [1.54, 1.807) is 0 Å². The van der Waals surface area contributed by atoms with E-state index in [4.69, 9.17) is 5.73 Å². The molecule has 1 aliphatic rings. The lowest BCUT2D eigenvalue weighted by atomic mass is 10.0. The number of hydrogen-bond acceptors (Lipinski definition) is 3. The number of alkyl halides is 2. The number of nitrogens with two attached hydrogens (primary N) is 1. The van der Waals surface area contributed by atoms with Crippen molar-refractivity contribution < 1.29 is 17.9 Å². The highest BCUT2D eigenvalue weighted by molar-refractivity contribution is 5.71. The zero-order valence-electron chi connectivity index (χ0n) is 10.9. The molecule has 0 amide bonds. The fraction of sp³-hybridized carbons (Fsp3) is 0.538. The molecule has 0 bridgehead atoms. The van der Waals surface area contributed by atoms with Crippen LogP contribution in [-0.2, 0) is 0 Å². The van der Waals surface area contributed by atoms with Gasteiger partial charge in [0, 0.05) is 24.2 Å². The molecule has 0 atom stereocenters. The molecule has 0 saturated carbocycles. The Balaban J connectivity index is 2.40. The standard InChI is InChI=1S/C13H17F3N2O/c1-13(2)4-3-5-18(13)10-7-11(19-12(15)16)8(14)6-9(10)17/h6-7,12H,3-5,17H2,1-2H3. The van der Waals surface area contributed by atoms with Crippen LogP contribution in [0.5, 0.6) is 5.75 Å². The maximum atomic E-state index is 13.5. The number of nitrogen functional groups attached to an aromatic ring is 1. The summed E-state index contributed by atoms with van der Waals surface area (Å²) in [5.74, 6) is -1.35. The van der Waals surface area contributed by atoms with E-state index in [0.29, 0.717) is 5.69 Å². The average Bonchev–Trinajstić information content (AvgIpc) is 2.61. The van der Waals surface area contributed by atoms with Gasteiger partial charge in [0.1, 0.15) is 0 Å². The Morgan fingerprint density at radius 3 is 2.58 bits per heavy atom. The minimum Gasteiger partial charge on any atom is -0.432 e. The number of ether oxygens (including phenoxy) is 1. The van der Waals surface area contributed by atoms with E-state index in [9.17, 15) is 13.2 Å². The SMILES string of the molecule is CC1(C)CCCN1c1cc(OC(F)F)c(F)cc1N. The number of anilines is 2. The van der Waals surface area contributed by atoms with Crippen molar-refractivity contribution in [2.75, 3.05) is 17.2 Å². The normalized spacial score (nSPS) is 18.1. The van der Waals surface area contributed by atoms with Crippen LogP contribution in [0, 0.1) is 5.82 Å².